The zero-order chi connectivity index (χ0) is 58.5. The topological polar surface area (TPSA) is 78.9 Å². The van der Waals surface area contributed by atoms with Gasteiger partial charge in [0.15, 0.2) is 6.10 Å². The summed E-state index contributed by atoms with van der Waals surface area (Å²) < 4.78 is 16.9. The first-order chi connectivity index (χ1) is 40.0. The fourth-order valence-corrected chi connectivity index (χ4v) is 9.42. The number of carbonyl (C=O) groups is 3. The van der Waals surface area contributed by atoms with Gasteiger partial charge in [0.25, 0.3) is 0 Å². The van der Waals surface area contributed by atoms with Gasteiger partial charge in [-0.25, -0.2) is 0 Å². The van der Waals surface area contributed by atoms with Crippen LogP contribution in [0.25, 0.3) is 0 Å². The highest BCUT2D eigenvalue weighted by atomic mass is 16.6. The van der Waals surface area contributed by atoms with Crippen LogP contribution in [0.1, 0.15) is 316 Å². The largest absolute Gasteiger partial charge is 0.462 e. The van der Waals surface area contributed by atoms with Gasteiger partial charge in [-0.1, -0.05) is 303 Å². The summed E-state index contributed by atoms with van der Waals surface area (Å²) in [7, 11) is 0. The van der Waals surface area contributed by atoms with E-state index < -0.39 is 6.10 Å². The van der Waals surface area contributed by atoms with Gasteiger partial charge in [-0.2, -0.15) is 0 Å². The van der Waals surface area contributed by atoms with E-state index in [9.17, 15) is 14.4 Å². The Balaban J connectivity index is 4.22. The number of hydrogen-bond acceptors (Lipinski definition) is 6. The molecule has 6 heteroatoms. The molecule has 0 rings (SSSR count). The minimum absolute atomic E-state index is 0.101. The first-order valence-corrected chi connectivity index (χ1v) is 34.0. The van der Waals surface area contributed by atoms with Crippen molar-refractivity contribution in [2.45, 2.75) is 322 Å². The van der Waals surface area contributed by atoms with E-state index in [0.717, 1.165) is 96.3 Å². The summed E-state index contributed by atoms with van der Waals surface area (Å²) in [4.78, 5) is 38.3. The highest BCUT2D eigenvalue weighted by Crippen LogP contribution is 2.17. The SMILES string of the molecule is CC/C=C\C/C=C\C/C=C\C/C=C\C/C=C\CCCCCCCCCCCCCCCCCCCC(=O)OCC(COC(=O)CC/C=C\C/C=C\C/C=C\C/C=C\CC)OC(=O)CCCCCCCCC/C=C\CCCCCCCC. The number of esters is 3. The zero-order valence-corrected chi connectivity index (χ0v) is 53.0. The van der Waals surface area contributed by atoms with Crippen LogP contribution in [0.4, 0.5) is 0 Å². The molecule has 0 aromatic rings. The summed E-state index contributed by atoms with van der Waals surface area (Å²) in [6.45, 7) is 6.36. The predicted octanol–water partition coefficient (Wildman–Crippen LogP) is 23.6. The van der Waals surface area contributed by atoms with E-state index in [4.69, 9.17) is 14.2 Å². The monoisotopic (exact) mass is 1120 g/mol. The molecule has 6 nitrogen and oxygen atoms in total. The summed E-state index contributed by atoms with van der Waals surface area (Å²) >= 11 is 0. The van der Waals surface area contributed by atoms with Gasteiger partial charge in [-0.15, -0.1) is 0 Å². The van der Waals surface area contributed by atoms with Crippen molar-refractivity contribution in [3.8, 4) is 0 Å². The second-order valence-electron chi connectivity index (χ2n) is 22.3. The Morgan fingerprint density at radius 3 is 0.840 bits per heavy atom. The van der Waals surface area contributed by atoms with Gasteiger partial charge >= 0.3 is 17.9 Å². The Morgan fingerprint density at radius 1 is 0.259 bits per heavy atom. The molecule has 0 heterocycles. The smallest absolute Gasteiger partial charge is 0.306 e. The summed E-state index contributed by atoms with van der Waals surface area (Å²) in [5, 5.41) is 0. The van der Waals surface area contributed by atoms with Gasteiger partial charge in [0.2, 0.25) is 0 Å². The van der Waals surface area contributed by atoms with Crippen LogP contribution in [0, 0.1) is 0 Å². The van der Waals surface area contributed by atoms with Crippen molar-refractivity contribution in [2.24, 2.45) is 0 Å². The molecule has 1 atom stereocenters. The highest BCUT2D eigenvalue weighted by Gasteiger charge is 2.19. The number of ether oxygens (including phenoxy) is 3. The second kappa shape index (κ2) is 68.3. The molecule has 0 saturated heterocycles. The van der Waals surface area contributed by atoms with Gasteiger partial charge in [-0.3, -0.25) is 14.4 Å². The van der Waals surface area contributed by atoms with Crippen LogP contribution >= 0.6 is 0 Å². The molecule has 1 unspecified atom stereocenters. The minimum atomic E-state index is -0.811. The first kappa shape index (κ1) is 76.8. The van der Waals surface area contributed by atoms with E-state index in [1.807, 2.05) is 6.08 Å². The zero-order valence-electron chi connectivity index (χ0n) is 53.0. The Hall–Kier alpha value is -4.19. The fourth-order valence-electron chi connectivity index (χ4n) is 9.42. The lowest BCUT2D eigenvalue weighted by molar-refractivity contribution is -0.166. The van der Waals surface area contributed by atoms with Crippen molar-refractivity contribution in [1.82, 2.24) is 0 Å². The van der Waals surface area contributed by atoms with Crippen molar-refractivity contribution in [1.29, 1.82) is 0 Å². The van der Waals surface area contributed by atoms with Gasteiger partial charge in [0, 0.05) is 19.3 Å². The molecule has 0 amide bonds. The molecule has 0 aliphatic carbocycles. The first-order valence-electron chi connectivity index (χ1n) is 34.0. The maximum atomic E-state index is 12.9. The molecule has 462 valence electrons. The average Bonchev–Trinajstić information content (AvgIpc) is 3.46. The van der Waals surface area contributed by atoms with Crippen LogP contribution in [0.5, 0.6) is 0 Å². The van der Waals surface area contributed by atoms with Crippen LogP contribution in [-0.2, 0) is 28.6 Å². The molecule has 0 spiro atoms. The molecule has 0 aromatic carbocycles. The lowest BCUT2D eigenvalue weighted by Gasteiger charge is -2.18. The quantitative estimate of drug-likeness (QED) is 0.0261. The van der Waals surface area contributed by atoms with Crippen molar-refractivity contribution >= 4 is 17.9 Å². The number of allylic oxidation sites excluding steroid dienone is 20. The van der Waals surface area contributed by atoms with Crippen LogP contribution < -0.4 is 0 Å². The van der Waals surface area contributed by atoms with Crippen molar-refractivity contribution in [3.05, 3.63) is 122 Å². The van der Waals surface area contributed by atoms with E-state index >= 15 is 0 Å². The maximum absolute atomic E-state index is 12.9. The third kappa shape index (κ3) is 66.5. The van der Waals surface area contributed by atoms with Gasteiger partial charge in [0.1, 0.15) is 13.2 Å². The molecule has 81 heavy (non-hydrogen) atoms. The van der Waals surface area contributed by atoms with E-state index in [1.165, 1.54) is 173 Å². The molecule has 0 saturated carbocycles. The molecular weight excluding hydrogens is 997 g/mol. The van der Waals surface area contributed by atoms with E-state index in [2.05, 4.69) is 136 Å². The third-order valence-electron chi connectivity index (χ3n) is 14.4. The lowest BCUT2D eigenvalue weighted by Crippen LogP contribution is -2.30. The van der Waals surface area contributed by atoms with Crippen LogP contribution in [0.3, 0.4) is 0 Å². The molecule has 0 aliphatic heterocycles. The number of unbranched alkanes of at least 4 members (excludes halogenated alkanes) is 30. The maximum Gasteiger partial charge on any atom is 0.306 e. The normalized spacial score (nSPS) is 12.9. The molecular formula is C75H126O6. The Labute approximate surface area is 501 Å². The number of rotatable bonds is 61. The highest BCUT2D eigenvalue weighted by molar-refractivity contribution is 5.71. The summed E-state index contributed by atoms with van der Waals surface area (Å²) in [5.41, 5.74) is 0. The fraction of sp³-hybridized carbons (Fsp3) is 0.693. The van der Waals surface area contributed by atoms with Gasteiger partial charge in [-0.05, 0) is 116 Å². The Kier molecular flexibility index (Phi) is 64.8. The van der Waals surface area contributed by atoms with Crippen LogP contribution in [0.15, 0.2) is 122 Å². The van der Waals surface area contributed by atoms with Gasteiger partial charge in [0.05, 0.1) is 0 Å². The Morgan fingerprint density at radius 2 is 0.506 bits per heavy atom. The minimum Gasteiger partial charge on any atom is -0.462 e. The third-order valence-corrected chi connectivity index (χ3v) is 14.4. The van der Waals surface area contributed by atoms with E-state index in [1.54, 1.807) is 0 Å². The summed E-state index contributed by atoms with van der Waals surface area (Å²) in [5.74, 6) is -0.981. The molecule has 0 aliphatic rings. The average molecular weight is 1120 g/mol. The van der Waals surface area contributed by atoms with E-state index in [0.29, 0.717) is 19.3 Å². The number of carbonyl (C=O) groups excluding carboxylic acids is 3. The van der Waals surface area contributed by atoms with Gasteiger partial charge < -0.3 is 14.2 Å². The molecule has 0 aromatic heterocycles. The lowest BCUT2D eigenvalue weighted by atomic mass is 10.0. The second-order valence-corrected chi connectivity index (χ2v) is 22.3. The van der Waals surface area contributed by atoms with Crippen molar-refractivity contribution < 1.29 is 28.6 Å². The van der Waals surface area contributed by atoms with E-state index in [-0.39, 0.29) is 37.5 Å². The Bertz CT molecular complexity index is 1670. The molecule has 0 fully saturated rings. The standard InChI is InChI=1S/C75H126O6/c1-4-7-10-13-16-19-22-25-27-29-30-31-32-33-34-35-36-37-38-39-40-41-42-43-44-46-47-50-53-56-59-62-65-68-74(77)80-71-72(70-79-73(76)67-64-61-58-55-52-49-24-21-18-15-12-9-6-3)81-75(78)69-66-63-60-57-54-51-48-45-28-26-23-20-17-14-11-8-5-2/h7,9-10,12,16,18-19,21,25-28,30-31,33-34,49,52,58,61,72H,4-6,8,11,13-15,17,20,22-24,29,32,35-48,50-51,53-57,59-60,62-71H2,1-3H3/b10-7-,12-9-,19-16-,21-18-,27-25-,28-26-,31-30-,34-33-,52-49-,61-58-. The number of hydrogen-bond donors (Lipinski definition) is 0. The summed E-state index contributed by atoms with van der Waals surface area (Å²) in [6, 6.07) is 0. The van der Waals surface area contributed by atoms with Crippen LogP contribution in [0.2, 0.25) is 0 Å². The molecule has 0 bridgehead atoms. The van der Waals surface area contributed by atoms with Crippen molar-refractivity contribution in [3.63, 3.8) is 0 Å². The van der Waals surface area contributed by atoms with Crippen LogP contribution in [-0.4, -0.2) is 37.2 Å². The summed E-state index contributed by atoms with van der Waals surface area (Å²) in [6.07, 6.45) is 95.3. The predicted molar refractivity (Wildman–Crippen MR) is 353 cm³/mol. The molecule has 0 N–H and O–H groups in total. The van der Waals surface area contributed by atoms with Crippen molar-refractivity contribution in [2.75, 3.05) is 13.2 Å². The molecule has 0 radical (unpaired) electrons.